The predicted molar refractivity (Wildman–Crippen MR) is 94.7 cm³/mol. The second kappa shape index (κ2) is 6.22. The molecule has 1 aromatic rings. The largest absolute Gasteiger partial charge is 0.467 e. The minimum Gasteiger partial charge on any atom is -0.467 e. The van der Waals surface area contributed by atoms with E-state index in [2.05, 4.69) is 5.32 Å². The lowest BCUT2D eigenvalue weighted by Crippen LogP contribution is -2.72. The topological polar surface area (TPSA) is 54.0 Å². The summed E-state index contributed by atoms with van der Waals surface area (Å²) >= 11 is 5.56. The van der Waals surface area contributed by atoms with Crippen molar-refractivity contribution in [3.05, 3.63) is 29.8 Å². The summed E-state index contributed by atoms with van der Waals surface area (Å²) < 4.78 is 11.6. The summed E-state index contributed by atoms with van der Waals surface area (Å²) in [7, 11) is 5.17. The molecular formula is C17H23N3O3S. The molecule has 2 bridgehead atoms. The molecule has 7 heteroatoms. The van der Waals surface area contributed by atoms with Crippen LogP contribution in [0.15, 0.2) is 24.3 Å². The van der Waals surface area contributed by atoms with Gasteiger partial charge in [-0.2, -0.15) is 0 Å². The first kappa shape index (κ1) is 17.0. The molecule has 1 fully saturated rings. The minimum atomic E-state index is -0.860. The van der Waals surface area contributed by atoms with Crippen LogP contribution in [0.5, 0.6) is 5.75 Å². The van der Waals surface area contributed by atoms with Crippen molar-refractivity contribution in [1.29, 1.82) is 0 Å². The number of methoxy groups -OCH3 is 1. The molecule has 6 nitrogen and oxygen atoms in total. The fourth-order valence-corrected chi connectivity index (χ4v) is 3.96. The highest BCUT2D eigenvalue weighted by Gasteiger charge is 2.58. The fraction of sp³-hybridized carbons (Fsp3) is 0.529. The van der Waals surface area contributed by atoms with Crippen molar-refractivity contribution in [2.45, 2.75) is 18.7 Å². The maximum absolute atomic E-state index is 13.0. The highest BCUT2D eigenvalue weighted by Crippen LogP contribution is 2.48. The van der Waals surface area contributed by atoms with E-state index in [0.717, 1.165) is 11.3 Å². The van der Waals surface area contributed by atoms with E-state index in [0.29, 0.717) is 18.3 Å². The normalized spacial score (nSPS) is 27.8. The van der Waals surface area contributed by atoms with Crippen LogP contribution in [0.4, 0.5) is 0 Å². The van der Waals surface area contributed by atoms with E-state index in [1.165, 1.54) is 0 Å². The Morgan fingerprint density at radius 2 is 2.17 bits per heavy atom. The zero-order chi connectivity index (χ0) is 17.5. The van der Waals surface area contributed by atoms with Gasteiger partial charge in [0.25, 0.3) is 0 Å². The lowest BCUT2D eigenvalue weighted by molar-refractivity contribution is -0.162. The van der Waals surface area contributed by atoms with Crippen LogP contribution in [0, 0.1) is 5.92 Å². The lowest BCUT2D eigenvalue weighted by atomic mass is 9.78. The molecule has 2 aliphatic heterocycles. The maximum atomic E-state index is 13.0. The first-order chi connectivity index (χ1) is 11.4. The number of ether oxygens (including phenoxy) is 2. The van der Waals surface area contributed by atoms with Gasteiger partial charge in [-0.3, -0.25) is 4.79 Å². The number of para-hydroxylation sites is 1. The molecule has 1 aromatic carbocycles. The second-order valence-electron chi connectivity index (χ2n) is 6.48. The Hall–Kier alpha value is -1.86. The van der Waals surface area contributed by atoms with Gasteiger partial charge in [-0.25, -0.2) is 0 Å². The molecule has 0 aliphatic carbocycles. The minimum absolute atomic E-state index is 0.00872. The van der Waals surface area contributed by atoms with Crippen molar-refractivity contribution in [2.75, 3.05) is 34.4 Å². The van der Waals surface area contributed by atoms with Crippen LogP contribution in [0.3, 0.4) is 0 Å². The quantitative estimate of drug-likeness (QED) is 0.829. The van der Waals surface area contributed by atoms with Crippen molar-refractivity contribution in [2.24, 2.45) is 5.92 Å². The molecule has 1 amide bonds. The summed E-state index contributed by atoms with van der Waals surface area (Å²) in [5.41, 5.74) is 0.102. The van der Waals surface area contributed by atoms with Gasteiger partial charge in [-0.05, 0) is 25.2 Å². The third-order valence-electron chi connectivity index (χ3n) is 4.77. The molecule has 130 valence electrons. The van der Waals surface area contributed by atoms with Gasteiger partial charge in [0.05, 0.1) is 12.6 Å². The summed E-state index contributed by atoms with van der Waals surface area (Å²) in [6, 6.07) is 7.59. The Morgan fingerprint density at radius 1 is 1.46 bits per heavy atom. The van der Waals surface area contributed by atoms with Gasteiger partial charge in [0, 0.05) is 33.3 Å². The smallest absolute Gasteiger partial charge is 0.233 e. The number of carbonyl (C=O) groups is 1. The molecule has 1 N–H and O–H groups in total. The van der Waals surface area contributed by atoms with Crippen LogP contribution < -0.4 is 10.1 Å². The number of nitrogens with one attached hydrogen (secondary N) is 1. The molecule has 1 saturated heterocycles. The summed E-state index contributed by atoms with van der Waals surface area (Å²) in [5, 5.41) is 3.93. The monoisotopic (exact) mass is 349 g/mol. The molecule has 2 aliphatic rings. The van der Waals surface area contributed by atoms with Crippen molar-refractivity contribution in [3.8, 4) is 5.75 Å². The number of hydrogen-bond acceptors (Lipinski definition) is 4. The summed E-state index contributed by atoms with van der Waals surface area (Å²) in [6.45, 7) is 2.98. The summed E-state index contributed by atoms with van der Waals surface area (Å²) in [4.78, 5) is 16.5. The first-order valence-corrected chi connectivity index (χ1v) is 8.37. The van der Waals surface area contributed by atoms with Crippen molar-refractivity contribution < 1.29 is 14.3 Å². The first-order valence-electron chi connectivity index (χ1n) is 7.96. The molecule has 0 saturated carbocycles. The third kappa shape index (κ3) is 2.52. The van der Waals surface area contributed by atoms with Crippen molar-refractivity contribution in [1.82, 2.24) is 15.1 Å². The number of hydrogen-bond donors (Lipinski definition) is 1. The summed E-state index contributed by atoms with van der Waals surface area (Å²) in [6.07, 6.45) is 0. The van der Waals surface area contributed by atoms with E-state index in [1.807, 2.05) is 36.1 Å². The second-order valence-corrected chi connectivity index (χ2v) is 6.86. The average Bonchev–Trinajstić information content (AvgIpc) is 2.53. The average molecular weight is 349 g/mol. The van der Waals surface area contributed by atoms with E-state index in [-0.39, 0.29) is 11.9 Å². The van der Waals surface area contributed by atoms with Gasteiger partial charge in [0.1, 0.15) is 11.7 Å². The number of thiocarbonyl (C=S) groups is 1. The van der Waals surface area contributed by atoms with Crippen LogP contribution in [-0.2, 0) is 9.53 Å². The Kier molecular flexibility index (Phi) is 4.40. The van der Waals surface area contributed by atoms with Crippen LogP contribution >= 0.6 is 12.2 Å². The Balaban J connectivity index is 2.10. The third-order valence-corrected chi connectivity index (χ3v) is 5.11. The molecule has 0 spiro atoms. The summed E-state index contributed by atoms with van der Waals surface area (Å²) in [5.74, 6) is 0.380. The zero-order valence-corrected chi connectivity index (χ0v) is 15.2. The number of nitrogens with zero attached hydrogens (tertiary/aromatic N) is 2. The molecule has 0 unspecified atom stereocenters. The molecule has 24 heavy (non-hydrogen) atoms. The maximum Gasteiger partial charge on any atom is 0.233 e. The number of benzene rings is 1. The Morgan fingerprint density at radius 3 is 2.83 bits per heavy atom. The van der Waals surface area contributed by atoms with E-state index >= 15 is 0 Å². The predicted octanol–water partition coefficient (Wildman–Crippen LogP) is 1.38. The van der Waals surface area contributed by atoms with E-state index in [9.17, 15) is 4.79 Å². The van der Waals surface area contributed by atoms with E-state index < -0.39 is 11.6 Å². The van der Waals surface area contributed by atoms with Crippen LogP contribution in [0.25, 0.3) is 0 Å². The zero-order valence-electron chi connectivity index (χ0n) is 14.4. The highest BCUT2D eigenvalue weighted by molar-refractivity contribution is 7.80. The molecule has 0 radical (unpaired) electrons. The van der Waals surface area contributed by atoms with Gasteiger partial charge >= 0.3 is 0 Å². The number of rotatable bonds is 4. The Bertz CT molecular complexity index is 666. The fourth-order valence-electron chi connectivity index (χ4n) is 3.56. The molecule has 2 heterocycles. The van der Waals surface area contributed by atoms with Crippen molar-refractivity contribution >= 4 is 23.2 Å². The number of fused-ring (bicyclic) bond motifs is 4. The van der Waals surface area contributed by atoms with Crippen LogP contribution in [0.1, 0.15) is 18.5 Å². The molecule has 3 atom stereocenters. The van der Waals surface area contributed by atoms with Gasteiger partial charge in [-0.1, -0.05) is 18.2 Å². The Labute approximate surface area is 147 Å². The molecular weight excluding hydrogens is 326 g/mol. The molecule has 0 aromatic heterocycles. The van der Waals surface area contributed by atoms with Crippen LogP contribution in [0.2, 0.25) is 0 Å². The molecule has 3 rings (SSSR count). The number of carbonyl (C=O) groups excluding carboxylic acids is 1. The van der Waals surface area contributed by atoms with E-state index in [1.54, 1.807) is 26.1 Å². The van der Waals surface area contributed by atoms with Gasteiger partial charge < -0.3 is 24.6 Å². The van der Waals surface area contributed by atoms with E-state index in [4.69, 9.17) is 21.7 Å². The highest BCUT2D eigenvalue weighted by atomic mass is 32.1. The van der Waals surface area contributed by atoms with Gasteiger partial charge in [0.15, 0.2) is 10.8 Å². The lowest BCUT2D eigenvalue weighted by Gasteiger charge is -2.56. The van der Waals surface area contributed by atoms with Gasteiger partial charge in [-0.15, -0.1) is 0 Å². The SMILES string of the molecule is COCCN1C(=S)N[C@H]2c3ccccc3O[C@@]1(C)[C@@H]2C(=O)N(C)C. The number of amides is 1. The van der Waals surface area contributed by atoms with Crippen LogP contribution in [-0.4, -0.2) is 60.9 Å². The van der Waals surface area contributed by atoms with Crippen molar-refractivity contribution in [3.63, 3.8) is 0 Å². The standard InChI is InChI=1S/C17H23N3O3S/c1-17-13(15(21)19(2)3)14(11-7-5-6-8-12(11)23-17)18-16(24)20(17)9-10-22-4/h5-8,13-14H,9-10H2,1-4H3,(H,18,24)/t13-,14-,17-/m0/s1. The van der Waals surface area contributed by atoms with Gasteiger partial charge in [0.2, 0.25) is 5.91 Å².